The third kappa shape index (κ3) is 4.88. The number of carbonyl (C=O) groups is 2. The number of azo groups is 1. The number of benzene rings is 4. The van der Waals surface area contributed by atoms with E-state index in [9.17, 15) is 14.7 Å². The Kier molecular flexibility index (Phi) is 6.31. The molecule has 1 heterocycles. The molecule has 5 aromatic rings. The van der Waals surface area contributed by atoms with Crippen LogP contribution in [0.1, 0.15) is 21.5 Å². The molecular formula is C28H21N5O3. The number of carbonyl (C=O) groups excluding carboxylic acids is 1. The number of fused-ring (bicyclic) bond motifs is 2. The van der Waals surface area contributed by atoms with E-state index >= 15 is 0 Å². The van der Waals surface area contributed by atoms with Crippen LogP contribution in [-0.2, 0) is 11.2 Å². The summed E-state index contributed by atoms with van der Waals surface area (Å²) in [6.07, 6.45) is 1.79. The minimum Gasteiger partial charge on any atom is -0.478 e. The second-order valence-corrected chi connectivity index (χ2v) is 8.09. The van der Waals surface area contributed by atoms with E-state index in [1.165, 1.54) is 12.1 Å². The molecule has 8 heteroatoms. The van der Waals surface area contributed by atoms with Crippen LogP contribution in [0.5, 0.6) is 0 Å². The van der Waals surface area contributed by atoms with Crippen molar-refractivity contribution in [1.82, 2.24) is 10.4 Å². The molecule has 36 heavy (non-hydrogen) atoms. The molecule has 3 N–H and O–H groups in total. The van der Waals surface area contributed by atoms with Crippen LogP contribution in [0.15, 0.2) is 113 Å². The summed E-state index contributed by atoms with van der Waals surface area (Å²) in [7, 11) is 0. The second-order valence-electron chi connectivity index (χ2n) is 8.09. The fourth-order valence-electron chi connectivity index (χ4n) is 3.95. The first-order valence-electron chi connectivity index (χ1n) is 11.2. The Balaban J connectivity index is 1.48. The van der Waals surface area contributed by atoms with Gasteiger partial charge in [-0.25, -0.2) is 10.2 Å². The van der Waals surface area contributed by atoms with Crippen molar-refractivity contribution >= 4 is 45.1 Å². The third-order valence-corrected chi connectivity index (χ3v) is 5.70. The number of carboxylic acids is 1. The molecule has 0 saturated heterocycles. The number of nitrogens with one attached hydrogen (secondary N) is 2. The number of hydrogen-bond acceptors (Lipinski definition) is 4. The van der Waals surface area contributed by atoms with Gasteiger partial charge < -0.3 is 10.1 Å². The summed E-state index contributed by atoms with van der Waals surface area (Å²) < 4.78 is 0. The molecule has 4 aromatic carbocycles. The van der Waals surface area contributed by atoms with Gasteiger partial charge in [-0.2, -0.15) is 5.10 Å². The fourth-order valence-corrected chi connectivity index (χ4v) is 3.95. The van der Waals surface area contributed by atoms with Gasteiger partial charge in [0.15, 0.2) is 0 Å². The van der Waals surface area contributed by atoms with Crippen LogP contribution in [0.4, 0.5) is 5.69 Å². The molecule has 1 amide bonds. The van der Waals surface area contributed by atoms with Gasteiger partial charge in [0, 0.05) is 22.7 Å². The van der Waals surface area contributed by atoms with E-state index in [2.05, 4.69) is 25.7 Å². The summed E-state index contributed by atoms with van der Waals surface area (Å²) in [4.78, 5) is 27.4. The molecule has 5 rings (SSSR count). The summed E-state index contributed by atoms with van der Waals surface area (Å²) in [6, 6.07) is 27.5. The Labute approximate surface area is 206 Å². The predicted molar refractivity (Wildman–Crippen MR) is 139 cm³/mol. The van der Waals surface area contributed by atoms with Gasteiger partial charge in [-0.1, -0.05) is 60.7 Å². The molecule has 0 spiro atoms. The molecule has 0 saturated carbocycles. The highest BCUT2D eigenvalue weighted by Gasteiger charge is 2.14. The normalized spacial score (nSPS) is 11.8. The monoisotopic (exact) mass is 475 g/mol. The number of amides is 1. The van der Waals surface area contributed by atoms with Crippen molar-refractivity contribution in [2.75, 3.05) is 0 Å². The van der Waals surface area contributed by atoms with Gasteiger partial charge in [0.25, 0.3) is 0 Å². The maximum Gasteiger partial charge on any atom is 0.335 e. The number of nitrogens with zero attached hydrogens (tertiary/aromatic N) is 3. The summed E-state index contributed by atoms with van der Waals surface area (Å²) in [5.74, 6) is -1.22. The van der Waals surface area contributed by atoms with E-state index in [0.29, 0.717) is 22.2 Å². The van der Waals surface area contributed by atoms with Crippen LogP contribution < -0.4 is 5.43 Å². The van der Waals surface area contributed by atoms with Crippen LogP contribution in [0, 0.1) is 0 Å². The lowest BCUT2D eigenvalue weighted by Gasteiger charge is -2.06. The predicted octanol–water partition coefficient (Wildman–Crippen LogP) is 5.82. The van der Waals surface area contributed by atoms with Crippen molar-refractivity contribution < 1.29 is 14.7 Å². The number of hydrogen-bond donors (Lipinski definition) is 3. The highest BCUT2D eigenvalue weighted by molar-refractivity contribution is 6.11. The topological polar surface area (TPSA) is 119 Å². The van der Waals surface area contributed by atoms with E-state index in [1.807, 2.05) is 60.7 Å². The van der Waals surface area contributed by atoms with E-state index in [-0.39, 0.29) is 23.7 Å². The number of aromatic nitrogens is 1. The maximum atomic E-state index is 12.8. The Bertz CT molecular complexity index is 1630. The van der Waals surface area contributed by atoms with Gasteiger partial charge in [-0.05, 0) is 46.7 Å². The SMILES string of the molecule is O=C(Cc1cccc2ccccc12)N/N=C(\N=Nc1ccccc1)c1c[nH]c2ccc(C(=O)O)cc12. The fraction of sp³-hybridized carbons (Fsp3) is 0.0357. The number of aromatic amines is 1. The summed E-state index contributed by atoms with van der Waals surface area (Å²) in [5.41, 5.74) is 5.43. The van der Waals surface area contributed by atoms with Gasteiger partial charge in [-0.15, -0.1) is 10.2 Å². The number of amidine groups is 1. The quantitative estimate of drug-likeness (QED) is 0.124. The van der Waals surface area contributed by atoms with Crippen molar-refractivity contribution in [2.24, 2.45) is 15.3 Å². The first-order valence-corrected chi connectivity index (χ1v) is 11.2. The van der Waals surface area contributed by atoms with Crippen molar-refractivity contribution in [3.8, 4) is 0 Å². The lowest BCUT2D eigenvalue weighted by atomic mass is 10.0. The highest BCUT2D eigenvalue weighted by atomic mass is 16.4. The van der Waals surface area contributed by atoms with Gasteiger partial charge in [-0.3, -0.25) is 4.79 Å². The molecule has 0 aliphatic rings. The molecular weight excluding hydrogens is 454 g/mol. The first kappa shape index (κ1) is 22.7. The Morgan fingerprint density at radius 2 is 1.64 bits per heavy atom. The van der Waals surface area contributed by atoms with Crippen LogP contribution >= 0.6 is 0 Å². The average Bonchev–Trinajstić information content (AvgIpc) is 3.33. The molecule has 1 aromatic heterocycles. The number of aromatic carboxylic acids is 1. The lowest BCUT2D eigenvalue weighted by Crippen LogP contribution is -2.21. The molecule has 0 radical (unpaired) electrons. The van der Waals surface area contributed by atoms with Gasteiger partial charge in [0.05, 0.1) is 17.7 Å². The van der Waals surface area contributed by atoms with Crippen molar-refractivity contribution in [2.45, 2.75) is 6.42 Å². The lowest BCUT2D eigenvalue weighted by molar-refractivity contribution is -0.120. The van der Waals surface area contributed by atoms with Crippen molar-refractivity contribution in [1.29, 1.82) is 0 Å². The van der Waals surface area contributed by atoms with Crippen LogP contribution in [0.3, 0.4) is 0 Å². The molecule has 0 bridgehead atoms. The van der Waals surface area contributed by atoms with Crippen molar-refractivity contribution in [3.63, 3.8) is 0 Å². The number of rotatable bonds is 6. The Hall–Kier alpha value is -5.11. The molecule has 0 unspecified atom stereocenters. The van der Waals surface area contributed by atoms with Crippen LogP contribution in [-0.4, -0.2) is 27.8 Å². The second kappa shape index (κ2) is 10.0. The van der Waals surface area contributed by atoms with Crippen LogP contribution in [0.2, 0.25) is 0 Å². The van der Waals surface area contributed by atoms with Gasteiger partial charge >= 0.3 is 5.97 Å². The van der Waals surface area contributed by atoms with Gasteiger partial charge in [0.1, 0.15) is 0 Å². The minimum absolute atomic E-state index is 0.127. The molecule has 0 aliphatic heterocycles. The zero-order chi connectivity index (χ0) is 24.9. The minimum atomic E-state index is -1.04. The third-order valence-electron chi connectivity index (χ3n) is 5.70. The molecule has 0 aliphatic carbocycles. The number of carboxylic acid groups (broad SMARTS) is 1. The molecule has 0 atom stereocenters. The smallest absolute Gasteiger partial charge is 0.335 e. The average molecular weight is 476 g/mol. The van der Waals surface area contributed by atoms with Crippen LogP contribution in [0.25, 0.3) is 21.7 Å². The molecule has 0 fully saturated rings. The molecule has 8 nitrogen and oxygen atoms in total. The maximum absolute atomic E-state index is 12.8. The van der Waals surface area contributed by atoms with E-state index in [0.717, 1.165) is 16.3 Å². The number of hydrazone groups is 1. The summed E-state index contributed by atoms with van der Waals surface area (Å²) >= 11 is 0. The van der Waals surface area contributed by atoms with E-state index < -0.39 is 5.97 Å². The summed E-state index contributed by atoms with van der Waals surface area (Å²) in [6.45, 7) is 0. The number of H-pyrrole nitrogens is 1. The van der Waals surface area contributed by atoms with E-state index in [1.54, 1.807) is 24.4 Å². The Morgan fingerprint density at radius 1 is 0.861 bits per heavy atom. The highest BCUT2D eigenvalue weighted by Crippen LogP contribution is 2.23. The summed E-state index contributed by atoms with van der Waals surface area (Å²) in [5, 5.41) is 24.9. The Morgan fingerprint density at radius 3 is 2.47 bits per heavy atom. The zero-order valence-corrected chi connectivity index (χ0v) is 19.1. The zero-order valence-electron chi connectivity index (χ0n) is 19.1. The largest absolute Gasteiger partial charge is 0.478 e. The standard InChI is InChI=1S/C28H21N5O3/c34-26(16-19-9-6-8-18-7-4-5-12-22(18)19)31-33-27(32-30-21-10-2-1-3-11-21)24-17-29-25-14-13-20(28(35)36)15-23(24)25/h1-15,17,29H,16H2,(H,31,34)(H,35,36)/b32-30?,33-27-. The van der Waals surface area contributed by atoms with Gasteiger partial charge in [0.2, 0.25) is 11.7 Å². The van der Waals surface area contributed by atoms with E-state index in [4.69, 9.17) is 0 Å². The van der Waals surface area contributed by atoms with Crippen molar-refractivity contribution in [3.05, 3.63) is 114 Å². The first-order chi connectivity index (χ1) is 17.6. The molecule has 176 valence electrons.